The molecule has 1 heterocycles. The minimum absolute atomic E-state index is 0.0123. The summed E-state index contributed by atoms with van der Waals surface area (Å²) < 4.78 is 5.69. The maximum absolute atomic E-state index is 9.21. The Balaban J connectivity index is 2.13. The van der Waals surface area contributed by atoms with E-state index in [9.17, 15) is 5.11 Å². The van der Waals surface area contributed by atoms with Crippen LogP contribution < -0.4 is 10.5 Å². The largest absolute Gasteiger partial charge is 0.493 e. The third-order valence-corrected chi connectivity index (χ3v) is 4.60. The van der Waals surface area contributed by atoms with Gasteiger partial charge in [0.2, 0.25) is 0 Å². The number of aliphatic hydroxyl groups is 1. The van der Waals surface area contributed by atoms with Crippen molar-refractivity contribution in [1.29, 1.82) is 0 Å². The Kier molecular flexibility index (Phi) is 5.39. The Hall–Kier alpha value is -1.36. The minimum atomic E-state index is -0.507. The van der Waals surface area contributed by atoms with Crippen molar-refractivity contribution >= 4 is 11.3 Å². The average molecular weight is 305 g/mol. The Morgan fingerprint density at radius 3 is 2.71 bits per heavy atom. The molecule has 0 saturated heterocycles. The number of ether oxygens (including phenoxy) is 1. The van der Waals surface area contributed by atoms with E-state index in [1.165, 1.54) is 9.75 Å². The van der Waals surface area contributed by atoms with E-state index in [1.54, 1.807) is 11.3 Å². The van der Waals surface area contributed by atoms with Gasteiger partial charge in [-0.3, -0.25) is 0 Å². The Morgan fingerprint density at radius 2 is 2.00 bits per heavy atom. The summed E-state index contributed by atoms with van der Waals surface area (Å²) in [5, 5.41) is 9.21. The predicted octanol–water partition coefficient (Wildman–Crippen LogP) is 3.46. The van der Waals surface area contributed by atoms with Crippen molar-refractivity contribution in [3.63, 3.8) is 0 Å². The van der Waals surface area contributed by atoms with Gasteiger partial charge in [0.15, 0.2) is 0 Å². The Morgan fingerprint density at radius 1 is 1.24 bits per heavy atom. The fraction of sp³-hybridized carbons (Fsp3) is 0.412. The second-order valence-electron chi connectivity index (χ2n) is 5.51. The van der Waals surface area contributed by atoms with Crippen LogP contribution in [0.2, 0.25) is 0 Å². The molecule has 0 aliphatic rings. The van der Waals surface area contributed by atoms with E-state index in [-0.39, 0.29) is 6.61 Å². The van der Waals surface area contributed by atoms with Crippen molar-refractivity contribution < 1.29 is 9.84 Å². The fourth-order valence-electron chi connectivity index (χ4n) is 2.10. The van der Waals surface area contributed by atoms with E-state index in [1.807, 2.05) is 32.0 Å². The monoisotopic (exact) mass is 305 g/mol. The molecule has 1 atom stereocenters. The summed E-state index contributed by atoms with van der Waals surface area (Å²) in [5.74, 6) is 0.924. The number of nitrogens with two attached hydrogens (primary N) is 1. The van der Waals surface area contributed by atoms with E-state index in [2.05, 4.69) is 18.2 Å². The molecule has 2 rings (SSSR count). The van der Waals surface area contributed by atoms with Gasteiger partial charge in [0.1, 0.15) is 5.75 Å². The van der Waals surface area contributed by atoms with Crippen LogP contribution in [0.3, 0.4) is 0 Å². The molecule has 3 nitrogen and oxygen atoms in total. The first-order chi connectivity index (χ1) is 10.1. The van der Waals surface area contributed by atoms with Crippen molar-refractivity contribution in [3.8, 4) is 16.2 Å². The van der Waals surface area contributed by atoms with Crippen LogP contribution in [0.5, 0.6) is 5.75 Å². The van der Waals surface area contributed by atoms with Crippen molar-refractivity contribution in [2.45, 2.75) is 32.2 Å². The fourth-order valence-corrected chi connectivity index (χ4v) is 3.13. The molecule has 114 valence electrons. The highest BCUT2D eigenvalue weighted by atomic mass is 32.1. The predicted molar refractivity (Wildman–Crippen MR) is 88.9 cm³/mol. The van der Waals surface area contributed by atoms with Crippen LogP contribution in [-0.2, 0) is 6.42 Å². The second kappa shape index (κ2) is 7.07. The van der Waals surface area contributed by atoms with Crippen molar-refractivity contribution in [2.75, 3.05) is 13.2 Å². The molecule has 0 spiro atoms. The normalized spacial score (nSPS) is 13.9. The highest BCUT2D eigenvalue weighted by Crippen LogP contribution is 2.35. The third-order valence-electron chi connectivity index (χ3n) is 3.42. The number of hydrogen-bond acceptors (Lipinski definition) is 4. The van der Waals surface area contributed by atoms with E-state index in [4.69, 9.17) is 10.5 Å². The van der Waals surface area contributed by atoms with Crippen LogP contribution >= 0.6 is 11.3 Å². The number of thiophene rings is 1. The summed E-state index contributed by atoms with van der Waals surface area (Å²) >= 11 is 1.76. The molecule has 0 radical (unpaired) electrons. The molecule has 1 unspecified atom stereocenters. The van der Waals surface area contributed by atoms with Gasteiger partial charge in [-0.15, -0.1) is 11.3 Å². The lowest BCUT2D eigenvalue weighted by Gasteiger charge is -2.20. The van der Waals surface area contributed by atoms with E-state index in [0.717, 1.165) is 24.2 Å². The van der Waals surface area contributed by atoms with Crippen LogP contribution in [0, 0.1) is 0 Å². The van der Waals surface area contributed by atoms with Gasteiger partial charge < -0.3 is 15.6 Å². The molecule has 4 heteroatoms. The minimum Gasteiger partial charge on any atom is -0.493 e. The molecule has 1 aromatic carbocycles. The lowest BCUT2D eigenvalue weighted by Crippen LogP contribution is -2.40. The van der Waals surface area contributed by atoms with E-state index < -0.39 is 5.54 Å². The van der Waals surface area contributed by atoms with Crippen LogP contribution in [0.15, 0.2) is 36.4 Å². The SMILES string of the molecule is CCOc1ccccc1-c1ccc(CCC(C)(N)CO)s1. The molecular formula is C17H23NO2S. The Labute approximate surface area is 130 Å². The third kappa shape index (κ3) is 4.30. The zero-order valence-corrected chi connectivity index (χ0v) is 13.5. The molecule has 0 bridgehead atoms. The van der Waals surface area contributed by atoms with Crippen molar-refractivity contribution in [2.24, 2.45) is 5.73 Å². The van der Waals surface area contributed by atoms with Gasteiger partial charge in [0.05, 0.1) is 13.2 Å². The van der Waals surface area contributed by atoms with Crippen LogP contribution in [0.4, 0.5) is 0 Å². The van der Waals surface area contributed by atoms with Gasteiger partial charge in [0, 0.05) is 20.9 Å². The highest BCUT2D eigenvalue weighted by Gasteiger charge is 2.17. The van der Waals surface area contributed by atoms with Crippen molar-refractivity contribution in [1.82, 2.24) is 0 Å². The highest BCUT2D eigenvalue weighted by molar-refractivity contribution is 7.15. The summed E-state index contributed by atoms with van der Waals surface area (Å²) in [5.41, 5.74) is 6.61. The van der Waals surface area contributed by atoms with E-state index in [0.29, 0.717) is 6.61 Å². The lowest BCUT2D eigenvalue weighted by atomic mass is 9.98. The summed E-state index contributed by atoms with van der Waals surface area (Å²) in [7, 11) is 0. The van der Waals surface area contributed by atoms with Crippen molar-refractivity contribution in [3.05, 3.63) is 41.3 Å². The summed E-state index contributed by atoms with van der Waals surface area (Å²) in [6.07, 6.45) is 1.66. The lowest BCUT2D eigenvalue weighted by molar-refractivity contribution is 0.201. The molecule has 0 fully saturated rings. The van der Waals surface area contributed by atoms with Crippen LogP contribution in [0.1, 0.15) is 25.1 Å². The standard InChI is InChI=1S/C17H23NO2S/c1-3-20-15-7-5-4-6-14(15)16-9-8-13(21-16)10-11-17(2,18)12-19/h4-9,19H,3,10-12,18H2,1-2H3. The molecule has 0 aliphatic heterocycles. The maximum Gasteiger partial charge on any atom is 0.127 e. The maximum atomic E-state index is 9.21. The number of aryl methyl sites for hydroxylation is 1. The van der Waals surface area contributed by atoms with Gasteiger partial charge in [-0.2, -0.15) is 0 Å². The van der Waals surface area contributed by atoms with Crippen LogP contribution in [-0.4, -0.2) is 23.9 Å². The van der Waals surface area contributed by atoms with Gasteiger partial charge in [0.25, 0.3) is 0 Å². The van der Waals surface area contributed by atoms with Gasteiger partial charge in [-0.25, -0.2) is 0 Å². The van der Waals surface area contributed by atoms with Gasteiger partial charge >= 0.3 is 0 Å². The summed E-state index contributed by atoms with van der Waals surface area (Å²) in [6, 6.07) is 12.4. The first-order valence-electron chi connectivity index (χ1n) is 7.26. The molecule has 1 aromatic heterocycles. The number of benzene rings is 1. The number of hydrogen-bond donors (Lipinski definition) is 2. The smallest absolute Gasteiger partial charge is 0.127 e. The topological polar surface area (TPSA) is 55.5 Å². The number of aliphatic hydroxyl groups excluding tert-OH is 1. The quantitative estimate of drug-likeness (QED) is 0.823. The first-order valence-corrected chi connectivity index (χ1v) is 8.08. The number of rotatable bonds is 7. The molecule has 2 aromatic rings. The average Bonchev–Trinajstić information content (AvgIpc) is 2.95. The van der Waals surface area contributed by atoms with Crippen LogP contribution in [0.25, 0.3) is 10.4 Å². The zero-order valence-electron chi connectivity index (χ0n) is 12.6. The second-order valence-corrected chi connectivity index (χ2v) is 6.68. The summed E-state index contributed by atoms with van der Waals surface area (Å²) in [6.45, 7) is 4.55. The Bertz CT molecular complexity index is 578. The molecule has 21 heavy (non-hydrogen) atoms. The molecule has 0 aliphatic carbocycles. The molecular weight excluding hydrogens is 282 g/mol. The molecule has 0 saturated carbocycles. The molecule has 3 N–H and O–H groups in total. The van der Waals surface area contributed by atoms with E-state index >= 15 is 0 Å². The zero-order chi connectivity index (χ0) is 15.3. The first kappa shape index (κ1) is 16.0. The van der Waals surface area contributed by atoms with Gasteiger partial charge in [-0.1, -0.05) is 12.1 Å². The number of para-hydroxylation sites is 1. The molecule has 0 amide bonds. The summed E-state index contributed by atoms with van der Waals surface area (Å²) in [4.78, 5) is 2.48. The van der Waals surface area contributed by atoms with Gasteiger partial charge in [-0.05, 0) is 51.0 Å².